The number of piperidine rings is 2. The summed E-state index contributed by atoms with van der Waals surface area (Å²) in [6.45, 7) is 2.76. The summed E-state index contributed by atoms with van der Waals surface area (Å²) in [5.74, 6) is -0.163. The summed E-state index contributed by atoms with van der Waals surface area (Å²) >= 11 is 2.15. The van der Waals surface area contributed by atoms with Crippen LogP contribution in [0.25, 0.3) is 0 Å². The average molecular weight is 472 g/mol. The van der Waals surface area contributed by atoms with E-state index in [-0.39, 0.29) is 18.4 Å². The summed E-state index contributed by atoms with van der Waals surface area (Å²) in [6.07, 6.45) is 6.09. The molecule has 0 aliphatic carbocycles. The van der Waals surface area contributed by atoms with E-state index >= 15 is 0 Å². The van der Waals surface area contributed by atoms with Gasteiger partial charge in [-0.3, -0.25) is 14.5 Å². The predicted molar refractivity (Wildman–Crippen MR) is 112 cm³/mol. The summed E-state index contributed by atoms with van der Waals surface area (Å²) in [4.78, 5) is 28.4. The van der Waals surface area contributed by atoms with E-state index in [1.54, 1.807) is 24.3 Å². The minimum absolute atomic E-state index is 0.0746. The summed E-state index contributed by atoms with van der Waals surface area (Å²) in [7, 11) is 0. The Hall–Kier alpha value is -1.15. The molecule has 1 aromatic rings. The SMILES string of the molecule is CI.O=C(CNC(=O)c1ccccc1)OCC1CCCN2CCCCC12. The molecule has 2 unspecified atom stereocenters. The number of carbonyl (C=O) groups is 2. The lowest BCUT2D eigenvalue weighted by Gasteiger charge is -2.44. The number of ether oxygens (including phenoxy) is 1. The molecular weight excluding hydrogens is 443 g/mol. The molecule has 5 nitrogen and oxygen atoms in total. The zero-order chi connectivity index (χ0) is 18.8. The van der Waals surface area contributed by atoms with Gasteiger partial charge in [-0.05, 0) is 55.8 Å². The highest BCUT2D eigenvalue weighted by Gasteiger charge is 2.33. The lowest BCUT2D eigenvalue weighted by atomic mass is 9.84. The third kappa shape index (κ3) is 6.23. The van der Waals surface area contributed by atoms with Gasteiger partial charge in [0.05, 0.1) is 6.61 Å². The van der Waals surface area contributed by atoms with E-state index in [0.717, 1.165) is 6.42 Å². The van der Waals surface area contributed by atoms with Crippen molar-refractivity contribution in [3.05, 3.63) is 35.9 Å². The molecule has 0 bridgehead atoms. The van der Waals surface area contributed by atoms with Gasteiger partial charge >= 0.3 is 5.97 Å². The molecule has 2 fully saturated rings. The number of esters is 1. The monoisotopic (exact) mass is 472 g/mol. The van der Waals surface area contributed by atoms with Crippen molar-refractivity contribution in [1.82, 2.24) is 10.2 Å². The van der Waals surface area contributed by atoms with Crippen molar-refractivity contribution in [2.24, 2.45) is 5.92 Å². The first-order valence-corrected chi connectivity index (χ1v) is 11.5. The first-order valence-electron chi connectivity index (χ1n) is 9.35. The van der Waals surface area contributed by atoms with Crippen LogP contribution in [0, 0.1) is 5.92 Å². The fourth-order valence-corrected chi connectivity index (χ4v) is 3.87. The average Bonchev–Trinajstić information content (AvgIpc) is 2.72. The lowest BCUT2D eigenvalue weighted by molar-refractivity contribution is -0.145. The first kappa shape index (κ1) is 21.2. The topological polar surface area (TPSA) is 58.6 Å². The molecule has 0 aromatic heterocycles. The Morgan fingerprint density at radius 3 is 2.62 bits per heavy atom. The number of nitrogens with zero attached hydrogens (tertiary/aromatic N) is 1. The van der Waals surface area contributed by atoms with Crippen LogP contribution in [-0.2, 0) is 9.53 Å². The number of fused-ring (bicyclic) bond motifs is 1. The van der Waals surface area contributed by atoms with Crippen LogP contribution in [0.3, 0.4) is 0 Å². The van der Waals surface area contributed by atoms with Crippen LogP contribution in [0.1, 0.15) is 42.5 Å². The molecule has 0 radical (unpaired) electrons. The second-order valence-electron chi connectivity index (χ2n) is 6.73. The van der Waals surface area contributed by atoms with Gasteiger partial charge in [0.15, 0.2) is 0 Å². The van der Waals surface area contributed by atoms with Crippen LogP contribution in [0.15, 0.2) is 30.3 Å². The Kier molecular flexibility index (Phi) is 9.39. The van der Waals surface area contributed by atoms with Crippen LogP contribution in [0.4, 0.5) is 0 Å². The van der Waals surface area contributed by atoms with Crippen LogP contribution in [-0.4, -0.2) is 54.0 Å². The molecule has 2 saturated heterocycles. The van der Waals surface area contributed by atoms with Crippen LogP contribution >= 0.6 is 22.6 Å². The van der Waals surface area contributed by atoms with Gasteiger partial charge in [0.2, 0.25) is 0 Å². The summed E-state index contributed by atoms with van der Waals surface area (Å²) in [6, 6.07) is 9.46. The zero-order valence-corrected chi connectivity index (χ0v) is 17.6. The van der Waals surface area contributed by atoms with E-state index in [0.29, 0.717) is 24.1 Å². The second kappa shape index (κ2) is 11.5. The Bertz CT molecular complexity index is 565. The van der Waals surface area contributed by atoms with Crippen LogP contribution in [0.5, 0.6) is 0 Å². The Balaban J connectivity index is 0.00000117. The molecule has 2 atom stereocenters. The van der Waals surface area contributed by atoms with Gasteiger partial charge in [-0.2, -0.15) is 0 Å². The number of rotatable bonds is 5. The molecule has 144 valence electrons. The van der Waals surface area contributed by atoms with E-state index < -0.39 is 0 Å². The van der Waals surface area contributed by atoms with Gasteiger partial charge in [0, 0.05) is 17.5 Å². The minimum Gasteiger partial charge on any atom is -0.464 e. The molecule has 2 aliphatic heterocycles. The lowest BCUT2D eigenvalue weighted by Crippen LogP contribution is -2.49. The second-order valence-corrected chi connectivity index (χ2v) is 6.73. The predicted octanol–water partition coefficient (Wildman–Crippen LogP) is 3.28. The number of nitrogens with one attached hydrogen (secondary N) is 1. The Morgan fingerprint density at radius 1 is 1.12 bits per heavy atom. The van der Waals surface area contributed by atoms with Crippen molar-refractivity contribution >= 4 is 34.5 Å². The number of alkyl halides is 1. The largest absolute Gasteiger partial charge is 0.464 e. The minimum atomic E-state index is -0.354. The van der Waals surface area contributed by atoms with Crippen molar-refractivity contribution in [2.45, 2.75) is 38.1 Å². The van der Waals surface area contributed by atoms with Gasteiger partial charge in [-0.25, -0.2) is 0 Å². The normalized spacial score (nSPS) is 22.4. The molecule has 1 N–H and O–H groups in total. The highest BCUT2D eigenvalue weighted by molar-refractivity contribution is 14.1. The number of amides is 1. The first-order chi connectivity index (χ1) is 12.7. The van der Waals surface area contributed by atoms with Gasteiger partial charge < -0.3 is 10.1 Å². The summed E-state index contributed by atoms with van der Waals surface area (Å²) in [5.41, 5.74) is 0.551. The van der Waals surface area contributed by atoms with Crippen molar-refractivity contribution in [3.8, 4) is 0 Å². The third-order valence-electron chi connectivity index (χ3n) is 5.12. The molecular formula is C20H29IN2O3. The Morgan fingerprint density at radius 2 is 1.85 bits per heavy atom. The van der Waals surface area contributed by atoms with Crippen molar-refractivity contribution < 1.29 is 14.3 Å². The molecule has 6 heteroatoms. The molecule has 0 spiro atoms. The maximum absolute atomic E-state index is 11.9. The van der Waals surface area contributed by atoms with Crippen LogP contribution < -0.4 is 5.32 Å². The van der Waals surface area contributed by atoms with Crippen molar-refractivity contribution in [2.75, 3.05) is 31.2 Å². The molecule has 0 saturated carbocycles. The van der Waals surface area contributed by atoms with E-state index in [2.05, 4.69) is 32.8 Å². The van der Waals surface area contributed by atoms with Crippen molar-refractivity contribution in [1.29, 1.82) is 0 Å². The third-order valence-corrected chi connectivity index (χ3v) is 5.12. The van der Waals surface area contributed by atoms with E-state index in [4.69, 9.17) is 4.74 Å². The number of carbonyl (C=O) groups excluding carboxylic acids is 2. The molecule has 2 heterocycles. The molecule has 1 amide bonds. The smallest absolute Gasteiger partial charge is 0.325 e. The maximum Gasteiger partial charge on any atom is 0.325 e. The van der Waals surface area contributed by atoms with Gasteiger partial charge in [-0.15, -0.1) is 0 Å². The summed E-state index contributed by atoms with van der Waals surface area (Å²) < 4.78 is 5.44. The van der Waals surface area contributed by atoms with E-state index in [9.17, 15) is 9.59 Å². The maximum atomic E-state index is 11.9. The quantitative estimate of drug-likeness (QED) is 0.406. The fraction of sp³-hybridized carbons (Fsp3) is 0.600. The van der Waals surface area contributed by atoms with Crippen molar-refractivity contribution in [3.63, 3.8) is 0 Å². The van der Waals surface area contributed by atoms with E-state index in [1.807, 2.05) is 11.0 Å². The fourth-order valence-electron chi connectivity index (χ4n) is 3.87. The molecule has 26 heavy (non-hydrogen) atoms. The molecule has 1 aromatic carbocycles. The molecule has 3 rings (SSSR count). The van der Waals surface area contributed by atoms with Gasteiger partial charge in [-0.1, -0.05) is 47.2 Å². The highest BCUT2D eigenvalue weighted by Crippen LogP contribution is 2.30. The standard InChI is InChI=1S/C19H26N2O3.CH3I/c22-18(13-20-19(23)15-7-2-1-3-8-15)24-14-16-9-6-12-21-11-5-4-10-17(16)21;1-2/h1-3,7-8,16-17H,4-6,9-14H2,(H,20,23);1H3. The van der Waals surface area contributed by atoms with Gasteiger partial charge in [0.1, 0.15) is 6.54 Å². The van der Waals surface area contributed by atoms with Gasteiger partial charge in [0.25, 0.3) is 5.91 Å². The number of halogens is 1. The van der Waals surface area contributed by atoms with Crippen LogP contribution in [0.2, 0.25) is 0 Å². The highest BCUT2D eigenvalue weighted by atomic mass is 127. The number of hydrogen-bond acceptors (Lipinski definition) is 4. The number of hydrogen-bond donors (Lipinski definition) is 1. The Labute approximate surface area is 170 Å². The van der Waals surface area contributed by atoms with E-state index in [1.165, 1.54) is 38.8 Å². The molecule has 2 aliphatic rings. The summed E-state index contributed by atoms with van der Waals surface area (Å²) in [5, 5.41) is 2.62. The number of benzene rings is 1. The zero-order valence-electron chi connectivity index (χ0n) is 15.5.